The zero-order valence-corrected chi connectivity index (χ0v) is 14.4. The van der Waals surface area contributed by atoms with Crippen LogP contribution >= 0.6 is 15.9 Å². The maximum atomic E-state index is 5.46. The molecule has 0 radical (unpaired) electrons. The Bertz CT molecular complexity index is 580. The molecule has 21 heavy (non-hydrogen) atoms. The molecule has 0 aliphatic carbocycles. The third-order valence-corrected chi connectivity index (χ3v) is 4.24. The topological polar surface area (TPSA) is 34.4 Å². The average Bonchev–Trinajstić information content (AvgIpc) is 2.91. The summed E-state index contributed by atoms with van der Waals surface area (Å²) >= 11 is 3.63. The van der Waals surface area contributed by atoms with Gasteiger partial charge in [0, 0.05) is 16.1 Å². The third-order valence-electron chi connectivity index (χ3n) is 3.47. The first-order chi connectivity index (χ1) is 10.1. The van der Waals surface area contributed by atoms with Crippen LogP contribution in [0.2, 0.25) is 0 Å². The highest BCUT2D eigenvalue weighted by Crippen LogP contribution is 2.28. The summed E-state index contributed by atoms with van der Waals surface area (Å²) in [5, 5.41) is 3.59. The molecule has 0 saturated carbocycles. The van der Waals surface area contributed by atoms with Gasteiger partial charge in [-0.3, -0.25) is 0 Å². The van der Waals surface area contributed by atoms with E-state index < -0.39 is 0 Å². The largest absolute Gasteiger partial charge is 0.497 e. The average molecular weight is 352 g/mol. The van der Waals surface area contributed by atoms with Crippen molar-refractivity contribution in [1.82, 2.24) is 5.32 Å². The van der Waals surface area contributed by atoms with Gasteiger partial charge in [-0.25, -0.2) is 0 Å². The molecule has 0 fully saturated rings. The number of methoxy groups -OCH3 is 1. The van der Waals surface area contributed by atoms with Gasteiger partial charge in [0.25, 0.3) is 0 Å². The lowest BCUT2D eigenvalue weighted by molar-refractivity contribution is 0.413. The molecular formula is C17H22BrNO2. The van der Waals surface area contributed by atoms with E-state index >= 15 is 0 Å². The Morgan fingerprint density at radius 1 is 1.33 bits per heavy atom. The second-order valence-electron chi connectivity index (χ2n) is 5.16. The van der Waals surface area contributed by atoms with Gasteiger partial charge >= 0.3 is 0 Å². The molecule has 1 atom stereocenters. The van der Waals surface area contributed by atoms with Gasteiger partial charge in [0.05, 0.1) is 13.4 Å². The van der Waals surface area contributed by atoms with Crippen LogP contribution in [0.5, 0.6) is 5.75 Å². The summed E-state index contributed by atoms with van der Waals surface area (Å²) < 4.78 is 11.9. The van der Waals surface area contributed by atoms with Crippen LogP contribution in [0.25, 0.3) is 0 Å². The predicted molar refractivity (Wildman–Crippen MR) is 88.9 cm³/mol. The molecule has 0 amide bonds. The molecule has 2 aromatic rings. The van der Waals surface area contributed by atoms with Crippen molar-refractivity contribution in [2.24, 2.45) is 0 Å². The molecule has 0 spiro atoms. The van der Waals surface area contributed by atoms with Crippen molar-refractivity contribution in [2.45, 2.75) is 32.7 Å². The van der Waals surface area contributed by atoms with E-state index in [1.807, 2.05) is 25.3 Å². The number of hydrogen-bond acceptors (Lipinski definition) is 3. The fourth-order valence-electron chi connectivity index (χ4n) is 2.33. The lowest BCUT2D eigenvalue weighted by atomic mass is 10.0. The molecule has 3 nitrogen and oxygen atoms in total. The molecule has 4 heteroatoms. The first kappa shape index (κ1) is 16.1. The number of ether oxygens (including phenoxy) is 1. The van der Waals surface area contributed by atoms with Gasteiger partial charge < -0.3 is 14.5 Å². The second-order valence-corrected chi connectivity index (χ2v) is 6.01. The van der Waals surface area contributed by atoms with Gasteiger partial charge in [-0.15, -0.1) is 0 Å². The lowest BCUT2D eigenvalue weighted by Crippen LogP contribution is -2.23. The highest BCUT2D eigenvalue weighted by Gasteiger charge is 2.16. The first-order valence-corrected chi connectivity index (χ1v) is 8.04. The van der Waals surface area contributed by atoms with Gasteiger partial charge in [0.2, 0.25) is 0 Å². The van der Waals surface area contributed by atoms with Crippen LogP contribution in [0.3, 0.4) is 0 Å². The highest BCUT2D eigenvalue weighted by molar-refractivity contribution is 9.10. The van der Waals surface area contributed by atoms with E-state index in [1.165, 1.54) is 11.1 Å². The summed E-state index contributed by atoms with van der Waals surface area (Å²) in [6, 6.07) is 8.42. The van der Waals surface area contributed by atoms with Crippen molar-refractivity contribution in [3.05, 3.63) is 51.9 Å². The van der Waals surface area contributed by atoms with Crippen molar-refractivity contribution in [2.75, 3.05) is 13.7 Å². The number of benzene rings is 1. The number of halogens is 1. The molecule has 1 N–H and O–H groups in total. The molecule has 1 aromatic carbocycles. The summed E-state index contributed by atoms with van der Waals surface area (Å²) in [5.74, 6) is 1.82. The van der Waals surface area contributed by atoms with Crippen molar-refractivity contribution in [1.29, 1.82) is 0 Å². The van der Waals surface area contributed by atoms with Crippen molar-refractivity contribution in [3.63, 3.8) is 0 Å². The molecule has 0 bridgehead atoms. The Kier molecular flexibility index (Phi) is 5.88. The van der Waals surface area contributed by atoms with Crippen molar-refractivity contribution in [3.8, 4) is 5.75 Å². The van der Waals surface area contributed by atoms with Crippen LogP contribution in [0.4, 0.5) is 0 Å². The van der Waals surface area contributed by atoms with Crippen molar-refractivity contribution < 1.29 is 9.15 Å². The van der Waals surface area contributed by atoms with Crippen LogP contribution < -0.4 is 10.1 Å². The minimum atomic E-state index is 0.241. The molecular weight excluding hydrogens is 330 g/mol. The summed E-state index contributed by atoms with van der Waals surface area (Å²) in [6.07, 6.45) is 3.83. The fourth-order valence-corrected chi connectivity index (χ4v) is 2.74. The van der Waals surface area contributed by atoms with Crippen LogP contribution in [0.15, 0.2) is 39.4 Å². The second kappa shape index (κ2) is 7.66. The Morgan fingerprint density at radius 3 is 2.76 bits per heavy atom. The van der Waals surface area contributed by atoms with Crippen LogP contribution in [-0.2, 0) is 6.42 Å². The van der Waals surface area contributed by atoms with E-state index in [0.717, 1.165) is 35.4 Å². The van der Waals surface area contributed by atoms with Crippen molar-refractivity contribution >= 4 is 15.9 Å². The molecule has 0 aliphatic rings. The van der Waals surface area contributed by atoms with Crippen LogP contribution in [0.1, 0.15) is 36.3 Å². The highest BCUT2D eigenvalue weighted by atomic mass is 79.9. The number of rotatable bonds is 7. The molecule has 1 unspecified atom stereocenters. The standard InChI is InChI=1S/C17H22BrNO2/c1-4-7-19-17(14-8-12(2)21-11-14)10-13-9-15(20-3)5-6-16(13)18/h5-6,8-9,11,17,19H,4,7,10H2,1-3H3. The summed E-state index contributed by atoms with van der Waals surface area (Å²) in [7, 11) is 1.69. The van der Waals surface area contributed by atoms with Crippen LogP contribution in [-0.4, -0.2) is 13.7 Å². The summed E-state index contributed by atoms with van der Waals surface area (Å²) in [4.78, 5) is 0. The van der Waals surface area contributed by atoms with Gasteiger partial charge in [0.1, 0.15) is 11.5 Å². The predicted octanol–water partition coefficient (Wildman–Crippen LogP) is 4.64. The lowest BCUT2D eigenvalue weighted by Gasteiger charge is -2.18. The molecule has 1 heterocycles. The zero-order valence-electron chi connectivity index (χ0n) is 12.8. The minimum Gasteiger partial charge on any atom is -0.497 e. The Morgan fingerprint density at radius 2 is 2.14 bits per heavy atom. The molecule has 2 rings (SSSR count). The van der Waals surface area contributed by atoms with E-state index in [4.69, 9.17) is 9.15 Å². The number of aryl methyl sites for hydroxylation is 1. The van der Waals surface area contributed by atoms with Gasteiger partial charge in [-0.1, -0.05) is 22.9 Å². The van der Waals surface area contributed by atoms with Gasteiger partial charge in [-0.2, -0.15) is 0 Å². The monoisotopic (exact) mass is 351 g/mol. The van der Waals surface area contributed by atoms with E-state index in [1.54, 1.807) is 7.11 Å². The van der Waals surface area contributed by atoms with Gasteiger partial charge in [-0.05, 0) is 56.1 Å². The molecule has 0 saturated heterocycles. The molecule has 0 aliphatic heterocycles. The Labute approximate surface area is 134 Å². The number of hydrogen-bond donors (Lipinski definition) is 1. The van der Waals surface area contributed by atoms with Crippen LogP contribution in [0, 0.1) is 6.92 Å². The maximum Gasteiger partial charge on any atom is 0.119 e. The van der Waals surface area contributed by atoms with E-state index in [2.05, 4.69) is 40.3 Å². The summed E-state index contributed by atoms with van der Waals surface area (Å²) in [5.41, 5.74) is 2.41. The first-order valence-electron chi connectivity index (χ1n) is 7.25. The number of furan rings is 1. The number of nitrogens with one attached hydrogen (secondary N) is 1. The third kappa shape index (κ3) is 4.35. The fraction of sp³-hybridized carbons (Fsp3) is 0.412. The zero-order chi connectivity index (χ0) is 15.2. The molecule has 114 valence electrons. The summed E-state index contributed by atoms with van der Waals surface area (Å²) in [6.45, 7) is 5.13. The smallest absolute Gasteiger partial charge is 0.119 e. The van der Waals surface area contributed by atoms with E-state index in [9.17, 15) is 0 Å². The quantitative estimate of drug-likeness (QED) is 0.788. The van der Waals surface area contributed by atoms with Gasteiger partial charge in [0.15, 0.2) is 0 Å². The normalized spacial score (nSPS) is 12.4. The van der Waals surface area contributed by atoms with E-state index in [0.29, 0.717) is 0 Å². The van der Waals surface area contributed by atoms with E-state index in [-0.39, 0.29) is 6.04 Å². The Balaban J connectivity index is 2.22. The molecule has 1 aromatic heterocycles. The SMILES string of the molecule is CCCNC(Cc1cc(OC)ccc1Br)c1coc(C)c1. The minimum absolute atomic E-state index is 0.241. The maximum absolute atomic E-state index is 5.46. The Hall–Kier alpha value is -1.26.